The molecule has 0 aliphatic carbocycles. The second kappa shape index (κ2) is 5.72. The van der Waals surface area contributed by atoms with Crippen LogP contribution in [-0.2, 0) is 0 Å². The van der Waals surface area contributed by atoms with Crippen LogP contribution in [-0.4, -0.2) is 20.2 Å². The van der Waals surface area contributed by atoms with Gasteiger partial charge in [-0.1, -0.05) is 59.7 Å². The van der Waals surface area contributed by atoms with Crippen LogP contribution in [0.4, 0.5) is 0 Å². The molecular formula is C18H18N4S2. The fraction of sp³-hybridized carbons (Fsp3) is 0.222. The Morgan fingerprint density at radius 2 is 1.17 bits per heavy atom. The van der Waals surface area contributed by atoms with E-state index in [4.69, 9.17) is 24.4 Å². The van der Waals surface area contributed by atoms with Crippen molar-refractivity contribution in [3.63, 3.8) is 0 Å². The lowest BCUT2D eigenvalue weighted by atomic mass is 10.1. The molecular weight excluding hydrogens is 336 g/mol. The Balaban J connectivity index is 1.72. The maximum Gasteiger partial charge on any atom is 0.192 e. The van der Waals surface area contributed by atoms with Gasteiger partial charge in [0.25, 0.3) is 0 Å². The quantitative estimate of drug-likeness (QED) is 0.805. The Bertz CT molecular complexity index is 766. The first-order chi connectivity index (χ1) is 11.5. The zero-order valence-corrected chi connectivity index (χ0v) is 15.1. The van der Waals surface area contributed by atoms with Gasteiger partial charge in [-0.05, 0) is 49.4 Å². The lowest BCUT2D eigenvalue weighted by molar-refractivity contribution is 0.114. The van der Waals surface area contributed by atoms with Crippen LogP contribution in [0.25, 0.3) is 0 Å². The summed E-state index contributed by atoms with van der Waals surface area (Å²) in [6.07, 6.45) is -0.153. The molecule has 0 amide bonds. The Labute approximate surface area is 152 Å². The summed E-state index contributed by atoms with van der Waals surface area (Å²) in [7, 11) is 0. The maximum absolute atomic E-state index is 5.60. The molecule has 2 aliphatic heterocycles. The van der Waals surface area contributed by atoms with Gasteiger partial charge in [-0.3, -0.25) is 0 Å². The van der Waals surface area contributed by atoms with E-state index in [9.17, 15) is 0 Å². The first-order valence-electron chi connectivity index (χ1n) is 7.87. The van der Waals surface area contributed by atoms with E-state index >= 15 is 0 Å². The third-order valence-electron chi connectivity index (χ3n) is 4.37. The first-order valence-corrected chi connectivity index (χ1v) is 8.69. The topological polar surface area (TPSA) is 30.5 Å². The lowest BCUT2D eigenvalue weighted by Crippen LogP contribution is -2.36. The smallest absolute Gasteiger partial charge is 0.192 e. The molecule has 2 heterocycles. The molecule has 4 nitrogen and oxygen atoms in total. The first kappa shape index (κ1) is 15.4. The molecule has 2 aliphatic rings. The fourth-order valence-electron chi connectivity index (χ4n) is 3.30. The van der Waals surface area contributed by atoms with E-state index in [1.807, 2.05) is 10.0 Å². The average molecular weight is 355 g/mol. The van der Waals surface area contributed by atoms with Crippen molar-refractivity contribution in [3.05, 3.63) is 70.8 Å². The van der Waals surface area contributed by atoms with Gasteiger partial charge in [0, 0.05) is 0 Å². The van der Waals surface area contributed by atoms with Crippen molar-refractivity contribution in [1.82, 2.24) is 20.7 Å². The molecule has 2 fully saturated rings. The molecule has 2 atom stereocenters. The average Bonchev–Trinajstić information content (AvgIpc) is 3.07. The van der Waals surface area contributed by atoms with Gasteiger partial charge in [0.1, 0.15) is 12.3 Å². The second-order valence-corrected chi connectivity index (χ2v) is 6.99. The van der Waals surface area contributed by atoms with Crippen LogP contribution in [0, 0.1) is 13.8 Å². The number of nitrogens with zero attached hydrogens (tertiary/aromatic N) is 2. The Kier molecular flexibility index (Phi) is 3.66. The van der Waals surface area contributed by atoms with Gasteiger partial charge in [0.15, 0.2) is 10.2 Å². The summed E-state index contributed by atoms with van der Waals surface area (Å²) < 4.78 is 0. The van der Waals surface area contributed by atoms with E-state index in [2.05, 4.69) is 73.0 Å². The number of fused-ring (bicyclic) bond motifs is 1. The van der Waals surface area contributed by atoms with Gasteiger partial charge in [-0.25, -0.2) is 10.0 Å². The van der Waals surface area contributed by atoms with E-state index in [-0.39, 0.29) is 12.3 Å². The highest BCUT2D eigenvalue weighted by Gasteiger charge is 2.47. The third kappa shape index (κ3) is 2.42. The monoisotopic (exact) mass is 354 g/mol. The zero-order chi connectivity index (χ0) is 16.8. The van der Waals surface area contributed by atoms with E-state index in [0.29, 0.717) is 10.2 Å². The van der Waals surface area contributed by atoms with E-state index in [1.165, 1.54) is 11.1 Å². The van der Waals surface area contributed by atoms with Crippen LogP contribution >= 0.6 is 24.4 Å². The van der Waals surface area contributed by atoms with Crippen LogP contribution < -0.4 is 10.6 Å². The number of hydrazine groups is 1. The highest BCUT2D eigenvalue weighted by Crippen LogP contribution is 2.36. The highest BCUT2D eigenvalue weighted by atomic mass is 32.1. The van der Waals surface area contributed by atoms with Crippen LogP contribution in [0.2, 0.25) is 0 Å². The van der Waals surface area contributed by atoms with Crippen LogP contribution in [0.15, 0.2) is 48.5 Å². The largest absolute Gasteiger partial charge is 0.336 e. The molecule has 0 bridgehead atoms. The number of aryl methyl sites for hydroxylation is 2. The summed E-state index contributed by atoms with van der Waals surface area (Å²) in [4.78, 5) is 0. The molecule has 0 spiro atoms. The molecule has 4 rings (SSSR count). The van der Waals surface area contributed by atoms with E-state index < -0.39 is 0 Å². The van der Waals surface area contributed by atoms with Gasteiger partial charge in [0.2, 0.25) is 0 Å². The van der Waals surface area contributed by atoms with Gasteiger partial charge in [-0.15, -0.1) is 0 Å². The summed E-state index contributed by atoms with van der Waals surface area (Å²) in [5.41, 5.74) is 4.72. The molecule has 2 N–H and O–H groups in total. The molecule has 2 unspecified atom stereocenters. The van der Waals surface area contributed by atoms with Crippen molar-refractivity contribution in [1.29, 1.82) is 0 Å². The van der Waals surface area contributed by atoms with Crippen LogP contribution in [0.3, 0.4) is 0 Å². The molecule has 122 valence electrons. The van der Waals surface area contributed by atoms with Crippen molar-refractivity contribution in [2.24, 2.45) is 0 Å². The van der Waals surface area contributed by atoms with E-state index in [1.54, 1.807) is 0 Å². The van der Waals surface area contributed by atoms with Crippen LogP contribution in [0.1, 0.15) is 34.6 Å². The number of thiocarbonyl (C=S) groups is 2. The number of hydrogen-bond donors (Lipinski definition) is 2. The highest BCUT2D eigenvalue weighted by molar-refractivity contribution is 7.80. The SMILES string of the molecule is Cc1cccc(C2NC(=S)N3C(c4cccc(C)c4)NC(=S)N23)c1. The summed E-state index contributed by atoms with van der Waals surface area (Å²) in [6.45, 7) is 4.18. The zero-order valence-electron chi connectivity index (χ0n) is 13.5. The predicted octanol–water partition coefficient (Wildman–Crippen LogP) is 3.30. The molecule has 2 saturated heterocycles. The number of rotatable bonds is 2. The lowest BCUT2D eigenvalue weighted by Gasteiger charge is -2.27. The normalized spacial score (nSPS) is 22.4. The maximum atomic E-state index is 5.60. The second-order valence-electron chi connectivity index (χ2n) is 6.22. The van der Waals surface area contributed by atoms with Gasteiger partial charge < -0.3 is 10.6 Å². The minimum Gasteiger partial charge on any atom is -0.336 e. The van der Waals surface area contributed by atoms with Gasteiger partial charge >= 0.3 is 0 Å². The number of nitrogens with one attached hydrogen (secondary N) is 2. The van der Waals surface area contributed by atoms with Crippen molar-refractivity contribution in [2.75, 3.05) is 0 Å². The molecule has 6 heteroatoms. The summed E-state index contributed by atoms with van der Waals surface area (Å²) in [6, 6.07) is 16.8. The minimum atomic E-state index is -0.0767. The Morgan fingerprint density at radius 1 is 0.750 bits per heavy atom. The fourth-order valence-corrected chi connectivity index (χ4v) is 3.91. The van der Waals surface area contributed by atoms with Crippen LogP contribution in [0.5, 0.6) is 0 Å². The Hall–Kier alpha value is -2.18. The minimum absolute atomic E-state index is 0.0767. The molecule has 24 heavy (non-hydrogen) atoms. The standard InChI is InChI=1S/C18H18N4S2/c1-11-5-3-7-13(9-11)15-19-17(23)22-16(20-18(24)21(15)22)14-8-4-6-12(2)10-14/h3-10,15-16H,1-2H3,(H,19,23)(H,20,24). The molecule has 0 aromatic heterocycles. The summed E-state index contributed by atoms with van der Waals surface area (Å²) in [5.74, 6) is 0. The molecule has 2 aromatic rings. The van der Waals surface area contributed by atoms with Crippen molar-refractivity contribution in [3.8, 4) is 0 Å². The van der Waals surface area contributed by atoms with Gasteiger partial charge in [-0.2, -0.15) is 0 Å². The number of hydrogen-bond acceptors (Lipinski definition) is 2. The predicted molar refractivity (Wildman–Crippen MR) is 103 cm³/mol. The van der Waals surface area contributed by atoms with Crippen molar-refractivity contribution >= 4 is 34.7 Å². The van der Waals surface area contributed by atoms with Crippen molar-refractivity contribution < 1.29 is 0 Å². The van der Waals surface area contributed by atoms with Crippen molar-refractivity contribution in [2.45, 2.75) is 26.2 Å². The summed E-state index contributed by atoms with van der Waals surface area (Å²) >= 11 is 11.2. The number of benzene rings is 2. The van der Waals surface area contributed by atoms with Gasteiger partial charge in [0.05, 0.1) is 0 Å². The summed E-state index contributed by atoms with van der Waals surface area (Å²) in [5, 5.41) is 12.2. The third-order valence-corrected chi connectivity index (χ3v) is 4.98. The molecule has 2 aromatic carbocycles. The Morgan fingerprint density at radius 3 is 1.54 bits per heavy atom. The van der Waals surface area contributed by atoms with E-state index in [0.717, 1.165) is 11.1 Å². The molecule has 0 radical (unpaired) electrons. The molecule has 0 saturated carbocycles.